The van der Waals surface area contributed by atoms with Gasteiger partial charge < -0.3 is 4.74 Å². The summed E-state index contributed by atoms with van der Waals surface area (Å²) >= 11 is 6.66. The first-order valence-electron chi connectivity index (χ1n) is 7.97. The highest BCUT2D eigenvalue weighted by atomic mass is 35.5. The van der Waals surface area contributed by atoms with Gasteiger partial charge in [-0.1, -0.05) is 11.6 Å². The minimum atomic E-state index is 0.298. The van der Waals surface area contributed by atoms with Crippen LogP contribution in [0.15, 0.2) is 22.8 Å². The Labute approximate surface area is 121 Å². The van der Waals surface area contributed by atoms with Crippen molar-refractivity contribution in [3.05, 3.63) is 22.8 Å². The van der Waals surface area contributed by atoms with Crippen molar-refractivity contribution in [2.75, 3.05) is 13.2 Å². The molecule has 4 rings (SSSR count). The van der Waals surface area contributed by atoms with Gasteiger partial charge in [-0.15, -0.1) is 11.6 Å². The second-order valence-electron chi connectivity index (χ2n) is 6.75. The van der Waals surface area contributed by atoms with Gasteiger partial charge in [-0.3, -0.25) is 0 Å². The Bertz CT molecular complexity index is 431. The Morgan fingerprint density at radius 3 is 2.84 bits per heavy atom. The third kappa shape index (κ3) is 2.29. The lowest BCUT2D eigenvalue weighted by Gasteiger charge is -2.25. The van der Waals surface area contributed by atoms with E-state index in [1.54, 1.807) is 16.7 Å². The lowest BCUT2D eigenvalue weighted by atomic mass is 9.87. The summed E-state index contributed by atoms with van der Waals surface area (Å²) in [6.07, 6.45) is 11.5. The Morgan fingerprint density at radius 1 is 1.16 bits per heavy atom. The van der Waals surface area contributed by atoms with Crippen molar-refractivity contribution < 1.29 is 4.74 Å². The molecule has 1 heterocycles. The first-order valence-corrected chi connectivity index (χ1v) is 8.41. The van der Waals surface area contributed by atoms with E-state index in [0.717, 1.165) is 37.4 Å². The van der Waals surface area contributed by atoms with Gasteiger partial charge in [-0.2, -0.15) is 0 Å². The highest BCUT2D eigenvalue weighted by Crippen LogP contribution is 2.55. The highest BCUT2D eigenvalue weighted by Gasteiger charge is 2.47. The van der Waals surface area contributed by atoms with Gasteiger partial charge in [0.25, 0.3) is 0 Å². The van der Waals surface area contributed by atoms with E-state index in [1.165, 1.54) is 38.5 Å². The van der Waals surface area contributed by atoms with Crippen LogP contribution in [-0.4, -0.2) is 18.6 Å². The van der Waals surface area contributed by atoms with Crippen LogP contribution in [0, 0.1) is 17.8 Å². The van der Waals surface area contributed by atoms with E-state index in [0.29, 0.717) is 5.38 Å². The van der Waals surface area contributed by atoms with Crippen molar-refractivity contribution in [2.45, 2.75) is 50.3 Å². The molecule has 3 atom stereocenters. The number of allylic oxidation sites excluding steroid dienone is 4. The molecule has 2 unspecified atom stereocenters. The molecule has 3 aliphatic carbocycles. The standard InChI is InChI=1S/C17H23ClO/c18-17-9-13-3-1-2-12(13)8-16(17)15-10-14(15)11-4-6-19-7-5-11/h8,11,14-15,17H,1-7,9-10H2/t14-,15?,17?/m0/s1. The van der Waals surface area contributed by atoms with Crippen LogP contribution in [0.2, 0.25) is 0 Å². The summed E-state index contributed by atoms with van der Waals surface area (Å²) in [5.41, 5.74) is 4.88. The minimum absolute atomic E-state index is 0.298. The summed E-state index contributed by atoms with van der Waals surface area (Å²) in [7, 11) is 0. The van der Waals surface area contributed by atoms with Gasteiger partial charge in [0.2, 0.25) is 0 Å². The second-order valence-corrected chi connectivity index (χ2v) is 7.28. The zero-order valence-corrected chi connectivity index (χ0v) is 12.3. The summed E-state index contributed by atoms with van der Waals surface area (Å²) < 4.78 is 5.49. The molecule has 0 N–H and O–H groups in total. The molecule has 4 aliphatic rings. The predicted molar refractivity (Wildman–Crippen MR) is 78.4 cm³/mol. The van der Waals surface area contributed by atoms with Gasteiger partial charge in [0.05, 0.1) is 5.38 Å². The van der Waals surface area contributed by atoms with Gasteiger partial charge >= 0.3 is 0 Å². The van der Waals surface area contributed by atoms with Crippen LogP contribution in [-0.2, 0) is 4.74 Å². The Hall–Kier alpha value is -0.270. The average Bonchev–Trinajstić information content (AvgIpc) is 3.11. The molecule has 0 aromatic heterocycles. The molecule has 0 bridgehead atoms. The van der Waals surface area contributed by atoms with Crippen LogP contribution in [0.3, 0.4) is 0 Å². The zero-order valence-electron chi connectivity index (χ0n) is 11.5. The van der Waals surface area contributed by atoms with Crippen molar-refractivity contribution >= 4 is 11.6 Å². The van der Waals surface area contributed by atoms with Crippen molar-refractivity contribution in [3.8, 4) is 0 Å². The molecule has 0 amide bonds. The Morgan fingerprint density at radius 2 is 2.00 bits per heavy atom. The molecular weight excluding hydrogens is 256 g/mol. The molecule has 2 fully saturated rings. The molecule has 1 saturated heterocycles. The van der Waals surface area contributed by atoms with Crippen LogP contribution in [0.4, 0.5) is 0 Å². The monoisotopic (exact) mass is 278 g/mol. The third-order valence-electron chi connectivity index (χ3n) is 5.65. The van der Waals surface area contributed by atoms with Crippen molar-refractivity contribution in [1.82, 2.24) is 0 Å². The fraction of sp³-hybridized carbons (Fsp3) is 0.765. The van der Waals surface area contributed by atoms with Crippen molar-refractivity contribution in [3.63, 3.8) is 0 Å². The normalized spacial score (nSPS) is 39.2. The van der Waals surface area contributed by atoms with Crippen LogP contribution in [0.25, 0.3) is 0 Å². The first kappa shape index (κ1) is 12.5. The number of hydrogen-bond acceptors (Lipinski definition) is 1. The number of alkyl halides is 1. The molecule has 104 valence electrons. The van der Waals surface area contributed by atoms with Gasteiger partial charge in [0.1, 0.15) is 0 Å². The highest BCUT2D eigenvalue weighted by molar-refractivity contribution is 6.22. The summed E-state index contributed by atoms with van der Waals surface area (Å²) in [4.78, 5) is 0. The molecule has 1 nitrogen and oxygen atoms in total. The van der Waals surface area contributed by atoms with Gasteiger partial charge in [0.15, 0.2) is 0 Å². The largest absolute Gasteiger partial charge is 0.381 e. The van der Waals surface area contributed by atoms with Crippen LogP contribution in [0.1, 0.15) is 44.9 Å². The maximum atomic E-state index is 6.66. The first-order chi connectivity index (χ1) is 9.33. The average molecular weight is 279 g/mol. The maximum absolute atomic E-state index is 6.66. The van der Waals surface area contributed by atoms with Crippen molar-refractivity contribution in [1.29, 1.82) is 0 Å². The summed E-state index contributed by atoms with van der Waals surface area (Å²) in [5.74, 6) is 2.63. The molecule has 1 aliphatic heterocycles. The van der Waals surface area contributed by atoms with Gasteiger partial charge in [-0.05, 0) is 73.8 Å². The molecule has 0 spiro atoms. The topological polar surface area (TPSA) is 9.23 Å². The number of halogens is 1. The lowest BCUT2D eigenvalue weighted by molar-refractivity contribution is 0.0586. The van der Waals surface area contributed by atoms with E-state index in [9.17, 15) is 0 Å². The number of rotatable bonds is 2. The fourth-order valence-corrected chi connectivity index (χ4v) is 4.88. The van der Waals surface area contributed by atoms with E-state index in [2.05, 4.69) is 6.08 Å². The molecule has 1 saturated carbocycles. The molecule has 0 aromatic carbocycles. The quantitative estimate of drug-likeness (QED) is 0.677. The third-order valence-corrected chi connectivity index (χ3v) is 6.05. The minimum Gasteiger partial charge on any atom is -0.381 e. The Kier molecular flexibility index (Phi) is 3.23. The van der Waals surface area contributed by atoms with E-state index in [-0.39, 0.29) is 0 Å². The summed E-state index contributed by atoms with van der Waals surface area (Å²) in [5, 5.41) is 0.298. The van der Waals surface area contributed by atoms with Crippen LogP contribution < -0.4 is 0 Å². The van der Waals surface area contributed by atoms with Gasteiger partial charge in [0, 0.05) is 13.2 Å². The van der Waals surface area contributed by atoms with Gasteiger partial charge in [-0.25, -0.2) is 0 Å². The summed E-state index contributed by atoms with van der Waals surface area (Å²) in [6.45, 7) is 1.96. The molecule has 2 heteroatoms. The Balaban J connectivity index is 1.48. The van der Waals surface area contributed by atoms with E-state index >= 15 is 0 Å². The lowest BCUT2D eigenvalue weighted by Crippen LogP contribution is -2.19. The SMILES string of the molecule is ClC1CC2=C(C=C1C1C[C@H]1C1CCOCC1)CCC2. The van der Waals surface area contributed by atoms with E-state index < -0.39 is 0 Å². The second kappa shape index (κ2) is 4.93. The molecule has 0 aromatic rings. The molecule has 0 radical (unpaired) electrons. The van der Waals surface area contributed by atoms with Crippen LogP contribution >= 0.6 is 11.6 Å². The maximum Gasteiger partial charge on any atom is 0.0588 e. The number of ether oxygens (including phenoxy) is 1. The van der Waals surface area contributed by atoms with E-state index in [1.807, 2.05) is 0 Å². The summed E-state index contributed by atoms with van der Waals surface area (Å²) in [6, 6.07) is 0. The predicted octanol–water partition coefficient (Wildman–Crippen LogP) is 4.47. The molecule has 19 heavy (non-hydrogen) atoms. The smallest absolute Gasteiger partial charge is 0.0588 e. The van der Waals surface area contributed by atoms with E-state index in [4.69, 9.17) is 16.3 Å². The molecular formula is C17H23ClO. The fourth-order valence-electron chi connectivity index (χ4n) is 4.46. The van der Waals surface area contributed by atoms with Crippen LogP contribution in [0.5, 0.6) is 0 Å². The van der Waals surface area contributed by atoms with Crippen molar-refractivity contribution in [2.24, 2.45) is 17.8 Å². The number of hydrogen-bond donors (Lipinski definition) is 0. The zero-order chi connectivity index (χ0) is 12.8.